The smallest absolute Gasteiger partial charge is 0.257 e. The molecule has 2 aromatic rings. The minimum Gasteiger partial charge on any atom is -0.334 e. The summed E-state index contributed by atoms with van der Waals surface area (Å²) in [6, 6.07) is 8.00. The van der Waals surface area contributed by atoms with Crippen LogP contribution >= 0.6 is 0 Å². The van der Waals surface area contributed by atoms with Crippen LogP contribution in [0.3, 0.4) is 0 Å². The van der Waals surface area contributed by atoms with Crippen molar-refractivity contribution in [1.29, 1.82) is 0 Å². The molecule has 0 atom stereocenters. The molecule has 0 fully saturated rings. The van der Waals surface area contributed by atoms with Crippen LogP contribution in [-0.2, 0) is 6.54 Å². The lowest BCUT2D eigenvalue weighted by atomic mass is 10.1. The third-order valence-corrected chi connectivity index (χ3v) is 2.07. The number of aromatic nitrogens is 2. The molecule has 0 saturated carbocycles. The molecular formula is C11H13N3O. The first kappa shape index (κ1) is 9.86. The Bertz CT molecular complexity index is 451. The highest BCUT2D eigenvalue weighted by molar-refractivity contribution is 5.53. The molecule has 15 heavy (non-hydrogen) atoms. The van der Waals surface area contributed by atoms with Crippen LogP contribution in [0.25, 0.3) is 11.5 Å². The quantitative estimate of drug-likeness (QED) is 0.825. The molecular weight excluding hydrogens is 190 g/mol. The molecule has 0 bridgehead atoms. The number of rotatable bonds is 3. The zero-order valence-corrected chi connectivity index (χ0v) is 8.82. The predicted octanol–water partition coefficient (Wildman–Crippen LogP) is 1.76. The Morgan fingerprint density at radius 3 is 3.00 bits per heavy atom. The Labute approximate surface area is 88.3 Å². The Balaban J connectivity index is 2.29. The summed E-state index contributed by atoms with van der Waals surface area (Å²) in [5.41, 5.74) is 2.14. The predicted molar refractivity (Wildman–Crippen MR) is 57.2 cm³/mol. The molecule has 0 unspecified atom stereocenters. The van der Waals surface area contributed by atoms with E-state index in [2.05, 4.69) is 15.5 Å². The van der Waals surface area contributed by atoms with Gasteiger partial charge in [-0.1, -0.05) is 22.9 Å². The maximum atomic E-state index is 5.16. The van der Waals surface area contributed by atoms with Crippen LogP contribution in [0.4, 0.5) is 0 Å². The van der Waals surface area contributed by atoms with Gasteiger partial charge in [-0.25, -0.2) is 0 Å². The van der Waals surface area contributed by atoms with Crippen LogP contribution in [0.15, 0.2) is 28.8 Å². The van der Waals surface area contributed by atoms with E-state index >= 15 is 0 Å². The molecule has 1 N–H and O–H groups in total. The molecule has 78 valence electrons. The fourth-order valence-corrected chi connectivity index (χ4v) is 1.38. The monoisotopic (exact) mass is 203 g/mol. The number of aryl methyl sites for hydroxylation is 1. The molecule has 4 nitrogen and oxygen atoms in total. The van der Waals surface area contributed by atoms with Gasteiger partial charge in [-0.3, -0.25) is 0 Å². The summed E-state index contributed by atoms with van der Waals surface area (Å²) >= 11 is 0. The summed E-state index contributed by atoms with van der Waals surface area (Å²) in [6.45, 7) is 2.66. The maximum absolute atomic E-state index is 5.16. The van der Waals surface area contributed by atoms with Crippen molar-refractivity contribution in [3.8, 4) is 11.5 Å². The average Bonchev–Trinajstić information content (AvgIpc) is 2.67. The lowest BCUT2D eigenvalue weighted by Gasteiger charge is -1.94. The molecule has 0 aliphatic rings. The SMILES string of the molecule is CNCc1noc(-c2cccc(C)c2)n1. The van der Waals surface area contributed by atoms with Gasteiger partial charge in [0.15, 0.2) is 5.82 Å². The molecule has 1 aromatic carbocycles. The second-order valence-corrected chi connectivity index (χ2v) is 3.42. The van der Waals surface area contributed by atoms with Crippen molar-refractivity contribution in [3.05, 3.63) is 35.7 Å². The largest absolute Gasteiger partial charge is 0.334 e. The zero-order valence-electron chi connectivity index (χ0n) is 8.82. The highest BCUT2D eigenvalue weighted by Crippen LogP contribution is 2.17. The van der Waals surface area contributed by atoms with E-state index < -0.39 is 0 Å². The Kier molecular flexibility index (Phi) is 2.78. The fraction of sp³-hybridized carbons (Fsp3) is 0.273. The fourth-order valence-electron chi connectivity index (χ4n) is 1.38. The molecule has 0 amide bonds. The van der Waals surface area contributed by atoms with Gasteiger partial charge in [-0.05, 0) is 26.1 Å². The van der Waals surface area contributed by atoms with Crippen molar-refractivity contribution in [3.63, 3.8) is 0 Å². The van der Waals surface area contributed by atoms with Crippen LogP contribution in [-0.4, -0.2) is 17.2 Å². The second kappa shape index (κ2) is 4.23. The van der Waals surface area contributed by atoms with Gasteiger partial charge in [0.25, 0.3) is 5.89 Å². The van der Waals surface area contributed by atoms with Crippen LogP contribution < -0.4 is 5.32 Å². The van der Waals surface area contributed by atoms with E-state index in [-0.39, 0.29) is 0 Å². The first-order valence-electron chi connectivity index (χ1n) is 4.84. The Hall–Kier alpha value is -1.68. The topological polar surface area (TPSA) is 51.0 Å². The van der Waals surface area contributed by atoms with Gasteiger partial charge in [0.05, 0.1) is 6.54 Å². The summed E-state index contributed by atoms with van der Waals surface area (Å²) in [7, 11) is 1.85. The molecule has 0 spiro atoms. The normalized spacial score (nSPS) is 10.5. The average molecular weight is 203 g/mol. The van der Waals surface area contributed by atoms with Gasteiger partial charge >= 0.3 is 0 Å². The molecule has 0 aliphatic heterocycles. The Morgan fingerprint density at radius 2 is 2.27 bits per heavy atom. The van der Waals surface area contributed by atoms with Crippen LogP contribution in [0, 0.1) is 6.92 Å². The minimum atomic E-state index is 0.573. The lowest BCUT2D eigenvalue weighted by molar-refractivity contribution is 0.420. The van der Waals surface area contributed by atoms with Crippen molar-refractivity contribution in [2.24, 2.45) is 0 Å². The van der Waals surface area contributed by atoms with E-state index in [1.807, 2.05) is 38.2 Å². The summed E-state index contributed by atoms with van der Waals surface area (Å²) in [6.07, 6.45) is 0. The number of nitrogens with one attached hydrogen (secondary N) is 1. The number of hydrogen-bond donors (Lipinski definition) is 1. The van der Waals surface area contributed by atoms with Gasteiger partial charge < -0.3 is 9.84 Å². The third-order valence-electron chi connectivity index (χ3n) is 2.07. The number of hydrogen-bond acceptors (Lipinski definition) is 4. The van der Waals surface area contributed by atoms with Crippen molar-refractivity contribution >= 4 is 0 Å². The zero-order chi connectivity index (χ0) is 10.7. The Morgan fingerprint density at radius 1 is 1.40 bits per heavy atom. The van der Waals surface area contributed by atoms with Crippen LogP contribution in [0.1, 0.15) is 11.4 Å². The van der Waals surface area contributed by atoms with E-state index in [1.54, 1.807) is 0 Å². The highest BCUT2D eigenvalue weighted by Gasteiger charge is 2.07. The molecule has 0 aliphatic carbocycles. The first-order chi connectivity index (χ1) is 7.29. The number of nitrogens with zero attached hydrogens (tertiary/aromatic N) is 2. The second-order valence-electron chi connectivity index (χ2n) is 3.42. The van der Waals surface area contributed by atoms with Gasteiger partial charge in [-0.2, -0.15) is 4.98 Å². The van der Waals surface area contributed by atoms with Crippen molar-refractivity contribution in [2.45, 2.75) is 13.5 Å². The number of benzene rings is 1. The van der Waals surface area contributed by atoms with Gasteiger partial charge in [-0.15, -0.1) is 0 Å². The molecule has 1 heterocycles. The molecule has 4 heteroatoms. The highest BCUT2D eigenvalue weighted by atomic mass is 16.5. The molecule has 1 aromatic heterocycles. The van der Waals surface area contributed by atoms with E-state index in [0.717, 1.165) is 5.56 Å². The molecule has 0 radical (unpaired) electrons. The van der Waals surface area contributed by atoms with Gasteiger partial charge in [0.2, 0.25) is 0 Å². The maximum Gasteiger partial charge on any atom is 0.257 e. The van der Waals surface area contributed by atoms with Crippen molar-refractivity contribution in [2.75, 3.05) is 7.05 Å². The standard InChI is InChI=1S/C11H13N3O/c1-8-4-3-5-9(6-8)11-13-10(7-12-2)14-15-11/h3-6,12H,7H2,1-2H3. The van der Waals surface area contributed by atoms with E-state index in [1.165, 1.54) is 5.56 Å². The summed E-state index contributed by atoms with van der Waals surface area (Å²) in [5.74, 6) is 1.25. The van der Waals surface area contributed by atoms with Gasteiger partial charge in [0, 0.05) is 5.56 Å². The van der Waals surface area contributed by atoms with Crippen LogP contribution in [0.2, 0.25) is 0 Å². The third kappa shape index (κ3) is 2.22. The van der Waals surface area contributed by atoms with Crippen molar-refractivity contribution < 1.29 is 4.52 Å². The van der Waals surface area contributed by atoms with Crippen molar-refractivity contribution in [1.82, 2.24) is 15.5 Å². The minimum absolute atomic E-state index is 0.573. The molecule has 0 saturated heterocycles. The lowest BCUT2D eigenvalue weighted by Crippen LogP contribution is -2.06. The first-order valence-corrected chi connectivity index (χ1v) is 4.84. The molecule has 2 rings (SSSR count). The van der Waals surface area contributed by atoms with Gasteiger partial charge in [0.1, 0.15) is 0 Å². The summed E-state index contributed by atoms with van der Waals surface area (Å²) in [4.78, 5) is 4.27. The van der Waals surface area contributed by atoms with Crippen LogP contribution in [0.5, 0.6) is 0 Å². The van der Waals surface area contributed by atoms with E-state index in [9.17, 15) is 0 Å². The van der Waals surface area contributed by atoms with E-state index in [4.69, 9.17) is 4.52 Å². The van der Waals surface area contributed by atoms with E-state index in [0.29, 0.717) is 18.3 Å². The summed E-state index contributed by atoms with van der Waals surface area (Å²) in [5, 5.41) is 6.84. The summed E-state index contributed by atoms with van der Waals surface area (Å²) < 4.78 is 5.16.